The van der Waals surface area contributed by atoms with Crippen molar-refractivity contribution in [3.8, 4) is 6.07 Å². The van der Waals surface area contributed by atoms with Gasteiger partial charge in [0.15, 0.2) is 6.61 Å². The maximum Gasteiger partial charge on any atom is 0.331 e. The van der Waals surface area contributed by atoms with Crippen LogP contribution in [-0.4, -0.2) is 33.8 Å². The van der Waals surface area contributed by atoms with E-state index in [1.54, 1.807) is 18.5 Å². The van der Waals surface area contributed by atoms with Gasteiger partial charge < -0.3 is 10.1 Å². The molecule has 1 N–H and O–H groups in total. The minimum absolute atomic E-state index is 0.152. The standard InChI is InChI=1S/C22H23ClN4O3/c1-15-18(21(23)27(26-15)12-16-6-4-3-5-7-16)10-11-20(29)30-13-19(28)25-22(2,14-24)17-8-9-17/h3-7,10-11,17H,8-9,12-13H2,1-2H3,(H,25,28)/b11-10+. The number of hydrogen-bond donors (Lipinski definition) is 1. The molecule has 0 saturated heterocycles. The number of halogens is 1. The van der Waals surface area contributed by atoms with Crippen LogP contribution < -0.4 is 5.32 Å². The molecule has 1 saturated carbocycles. The third-order valence-corrected chi connectivity index (χ3v) is 5.44. The number of ether oxygens (including phenoxy) is 1. The number of nitrogens with one attached hydrogen (secondary N) is 1. The van der Waals surface area contributed by atoms with Gasteiger partial charge in [-0.2, -0.15) is 10.4 Å². The molecule has 0 spiro atoms. The van der Waals surface area contributed by atoms with Crippen molar-refractivity contribution in [2.75, 3.05) is 6.61 Å². The van der Waals surface area contributed by atoms with E-state index in [9.17, 15) is 14.9 Å². The molecule has 1 aromatic carbocycles. The number of amides is 1. The predicted molar refractivity (Wildman–Crippen MR) is 112 cm³/mol. The van der Waals surface area contributed by atoms with Crippen LogP contribution in [0.25, 0.3) is 6.08 Å². The first-order valence-corrected chi connectivity index (χ1v) is 10.0. The highest BCUT2D eigenvalue weighted by molar-refractivity contribution is 6.31. The van der Waals surface area contributed by atoms with E-state index in [1.807, 2.05) is 30.3 Å². The maximum absolute atomic E-state index is 12.0. The molecule has 7 nitrogen and oxygen atoms in total. The largest absolute Gasteiger partial charge is 0.452 e. The molecule has 0 bridgehead atoms. The fourth-order valence-electron chi connectivity index (χ4n) is 3.16. The summed E-state index contributed by atoms with van der Waals surface area (Å²) in [5.74, 6) is -1.03. The Morgan fingerprint density at radius 3 is 2.73 bits per heavy atom. The first-order chi connectivity index (χ1) is 14.3. The molecule has 1 heterocycles. The lowest BCUT2D eigenvalue weighted by Gasteiger charge is -2.22. The average molecular weight is 427 g/mol. The summed E-state index contributed by atoms with van der Waals surface area (Å²) in [6.07, 6.45) is 4.55. The van der Waals surface area contributed by atoms with Crippen LogP contribution >= 0.6 is 11.6 Å². The summed E-state index contributed by atoms with van der Waals surface area (Å²) < 4.78 is 6.64. The van der Waals surface area contributed by atoms with Gasteiger partial charge in [-0.3, -0.25) is 4.79 Å². The second kappa shape index (κ2) is 9.14. The van der Waals surface area contributed by atoms with E-state index in [4.69, 9.17) is 16.3 Å². The van der Waals surface area contributed by atoms with Crippen LogP contribution in [0.15, 0.2) is 36.4 Å². The average Bonchev–Trinajstić information content (AvgIpc) is 3.55. The van der Waals surface area contributed by atoms with Gasteiger partial charge in [0.2, 0.25) is 0 Å². The molecule has 0 radical (unpaired) electrons. The summed E-state index contributed by atoms with van der Waals surface area (Å²) in [6, 6.07) is 11.9. The molecule has 1 fully saturated rings. The number of aromatic nitrogens is 2. The zero-order valence-electron chi connectivity index (χ0n) is 16.9. The van der Waals surface area contributed by atoms with Gasteiger partial charge in [0.25, 0.3) is 5.91 Å². The molecule has 30 heavy (non-hydrogen) atoms. The Bertz CT molecular complexity index is 1010. The first-order valence-electron chi connectivity index (χ1n) is 9.66. The second-order valence-corrected chi connectivity index (χ2v) is 7.87. The van der Waals surface area contributed by atoms with E-state index < -0.39 is 24.0 Å². The van der Waals surface area contributed by atoms with Crippen molar-refractivity contribution in [3.63, 3.8) is 0 Å². The fourth-order valence-corrected chi connectivity index (χ4v) is 3.46. The van der Waals surface area contributed by atoms with Crippen molar-refractivity contribution in [2.45, 2.75) is 38.8 Å². The minimum Gasteiger partial charge on any atom is -0.452 e. The van der Waals surface area contributed by atoms with E-state index in [1.165, 1.54) is 12.2 Å². The Morgan fingerprint density at radius 2 is 2.10 bits per heavy atom. The number of hydrogen-bond acceptors (Lipinski definition) is 5. The van der Waals surface area contributed by atoms with Crippen LogP contribution in [0.4, 0.5) is 0 Å². The predicted octanol–water partition coefficient (Wildman–Crippen LogP) is 3.26. The maximum atomic E-state index is 12.0. The number of aryl methyl sites for hydroxylation is 1. The quantitative estimate of drug-likeness (QED) is 0.516. The van der Waals surface area contributed by atoms with E-state index in [0.29, 0.717) is 23.0 Å². The van der Waals surface area contributed by atoms with Gasteiger partial charge in [0.05, 0.1) is 18.3 Å². The summed E-state index contributed by atoms with van der Waals surface area (Å²) in [6.45, 7) is 3.54. The highest BCUT2D eigenvalue weighted by Crippen LogP contribution is 2.39. The van der Waals surface area contributed by atoms with E-state index >= 15 is 0 Å². The van der Waals surface area contributed by atoms with Crippen molar-refractivity contribution >= 4 is 29.6 Å². The van der Waals surface area contributed by atoms with E-state index in [0.717, 1.165) is 18.4 Å². The highest BCUT2D eigenvalue weighted by Gasteiger charge is 2.43. The SMILES string of the molecule is Cc1nn(Cc2ccccc2)c(Cl)c1/C=C/C(=O)OCC(=O)NC(C)(C#N)C1CC1. The van der Waals surface area contributed by atoms with Gasteiger partial charge in [-0.25, -0.2) is 9.48 Å². The summed E-state index contributed by atoms with van der Waals surface area (Å²) >= 11 is 6.42. The lowest BCUT2D eigenvalue weighted by molar-refractivity contribution is -0.144. The third kappa shape index (κ3) is 5.28. The first kappa shape index (κ1) is 21.6. The summed E-state index contributed by atoms with van der Waals surface area (Å²) in [7, 11) is 0. The Morgan fingerprint density at radius 1 is 1.40 bits per heavy atom. The number of carbonyl (C=O) groups is 2. The van der Waals surface area contributed by atoms with Crippen LogP contribution in [-0.2, 0) is 20.9 Å². The number of nitriles is 1. The van der Waals surface area contributed by atoms with Gasteiger partial charge >= 0.3 is 5.97 Å². The molecule has 8 heteroatoms. The zero-order chi connectivity index (χ0) is 21.7. The molecule has 1 aliphatic rings. The van der Waals surface area contributed by atoms with Gasteiger partial charge in [-0.15, -0.1) is 0 Å². The third-order valence-electron chi connectivity index (χ3n) is 5.04. The molecule has 156 valence electrons. The normalized spacial score (nSPS) is 15.4. The van der Waals surface area contributed by atoms with Crippen molar-refractivity contribution in [1.82, 2.24) is 15.1 Å². The molecular weight excluding hydrogens is 404 g/mol. The van der Waals surface area contributed by atoms with Crippen LogP contribution in [0.2, 0.25) is 5.15 Å². The number of esters is 1. The van der Waals surface area contributed by atoms with Crippen molar-refractivity contribution in [2.24, 2.45) is 5.92 Å². The van der Waals surface area contributed by atoms with Gasteiger partial charge in [0.1, 0.15) is 10.7 Å². The number of nitrogens with zero attached hydrogens (tertiary/aromatic N) is 3. The molecule has 1 amide bonds. The fraction of sp³-hybridized carbons (Fsp3) is 0.364. The Balaban J connectivity index is 1.56. The molecule has 1 aromatic heterocycles. The minimum atomic E-state index is -0.919. The Hall–Kier alpha value is -3.11. The highest BCUT2D eigenvalue weighted by atomic mass is 35.5. The topological polar surface area (TPSA) is 97.0 Å². The van der Waals surface area contributed by atoms with Crippen molar-refractivity contribution in [3.05, 3.63) is 58.4 Å². The summed E-state index contributed by atoms with van der Waals surface area (Å²) in [5, 5.41) is 16.7. The molecule has 1 atom stereocenters. The Labute approximate surface area is 180 Å². The van der Waals surface area contributed by atoms with E-state index in [-0.39, 0.29) is 5.92 Å². The number of carbonyl (C=O) groups excluding carboxylic acids is 2. The van der Waals surface area contributed by atoms with Crippen LogP contribution in [0.3, 0.4) is 0 Å². The van der Waals surface area contributed by atoms with Crippen molar-refractivity contribution < 1.29 is 14.3 Å². The smallest absolute Gasteiger partial charge is 0.331 e. The Kier molecular flexibility index (Phi) is 6.58. The van der Waals surface area contributed by atoms with Gasteiger partial charge in [-0.05, 0) is 44.2 Å². The van der Waals surface area contributed by atoms with Crippen molar-refractivity contribution in [1.29, 1.82) is 5.26 Å². The van der Waals surface area contributed by atoms with Gasteiger partial charge in [-0.1, -0.05) is 41.9 Å². The summed E-state index contributed by atoms with van der Waals surface area (Å²) in [5.41, 5.74) is 1.42. The molecule has 1 unspecified atom stereocenters. The monoisotopic (exact) mass is 426 g/mol. The summed E-state index contributed by atoms with van der Waals surface area (Å²) in [4.78, 5) is 24.0. The molecule has 2 aromatic rings. The second-order valence-electron chi connectivity index (χ2n) is 7.51. The molecule has 1 aliphatic carbocycles. The van der Waals surface area contributed by atoms with Crippen LogP contribution in [0.1, 0.15) is 36.6 Å². The number of rotatable bonds is 8. The molecule has 0 aliphatic heterocycles. The molecule has 3 rings (SSSR count). The number of benzene rings is 1. The van der Waals surface area contributed by atoms with Gasteiger partial charge in [0, 0.05) is 11.6 Å². The van der Waals surface area contributed by atoms with Crippen LogP contribution in [0, 0.1) is 24.2 Å². The van der Waals surface area contributed by atoms with Crippen LogP contribution in [0.5, 0.6) is 0 Å². The molecular formula is C22H23ClN4O3. The lowest BCUT2D eigenvalue weighted by Crippen LogP contribution is -2.48. The van der Waals surface area contributed by atoms with E-state index in [2.05, 4.69) is 16.5 Å². The zero-order valence-corrected chi connectivity index (χ0v) is 17.6. The lowest BCUT2D eigenvalue weighted by atomic mass is 9.98.